The highest BCUT2D eigenvalue weighted by Crippen LogP contribution is 2.33. The molecule has 0 bridgehead atoms. The molecule has 2 heteroatoms. The van der Waals surface area contributed by atoms with E-state index in [4.69, 9.17) is 4.74 Å². The maximum absolute atomic E-state index is 5.51. The second-order valence-corrected chi connectivity index (χ2v) is 5.68. The van der Waals surface area contributed by atoms with Gasteiger partial charge in [0.05, 0.1) is 13.2 Å². The first-order valence-corrected chi connectivity index (χ1v) is 7.83. The van der Waals surface area contributed by atoms with Gasteiger partial charge in [-0.05, 0) is 28.6 Å². The number of morpholine rings is 1. The zero-order valence-electron chi connectivity index (χ0n) is 12.5. The Hall–Kier alpha value is -2.32. The normalized spacial score (nSPS) is 15.2. The van der Waals surface area contributed by atoms with Crippen molar-refractivity contribution in [3.8, 4) is 11.1 Å². The van der Waals surface area contributed by atoms with Crippen molar-refractivity contribution in [3.05, 3.63) is 66.7 Å². The van der Waals surface area contributed by atoms with E-state index in [0.717, 1.165) is 26.3 Å². The minimum Gasteiger partial charge on any atom is -0.378 e. The molecule has 3 aromatic rings. The lowest BCUT2D eigenvalue weighted by molar-refractivity contribution is 0.123. The molecule has 1 fully saturated rings. The van der Waals surface area contributed by atoms with Crippen molar-refractivity contribution < 1.29 is 4.74 Å². The molecule has 1 saturated heterocycles. The maximum atomic E-state index is 5.51. The molecular formula is C20H19NO. The monoisotopic (exact) mass is 289 g/mol. The van der Waals surface area contributed by atoms with Gasteiger partial charge in [0.1, 0.15) is 0 Å². The molecule has 2 nitrogen and oxygen atoms in total. The van der Waals surface area contributed by atoms with Gasteiger partial charge in [0.25, 0.3) is 0 Å². The zero-order valence-corrected chi connectivity index (χ0v) is 12.5. The molecule has 0 radical (unpaired) electrons. The number of hydrogen-bond acceptors (Lipinski definition) is 2. The number of ether oxygens (including phenoxy) is 1. The number of rotatable bonds is 2. The summed E-state index contributed by atoms with van der Waals surface area (Å²) >= 11 is 0. The second kappa shape index (κ2) is 5.82. The summed E-state index contributed by atoms with van der Waals surface area (Å²) in [6, 6.07) is 23.9. The first-order chi connectivity index (χ1) is 10.9. The van der Waals surface area contributed by atoms with Crippen LogP contribution < -0.4 is 4.90 Å². The minimum absolute atomic E-state index is 0.809. The van der Waals surface area contributed by atoms with Crippen LogP contribution in [0.15, 0.2) is 66.7 Å². The number of fused-ring (bicyclic) bond motifs is 1. The lowest BCUT2D eigenvalue weighted by Crippen LogP contribution is -2.36. The second-order valence-electron chi connectivity index (χ2n) is 5.68. The van der Waals surface area contributed by atoms with Crippen molar-refractivity contribution in [2.45, 2.75) is 0 Å². The number of hydrogen-bond donors (Lipinski definition) is 0. The smallest absolute Gasteiger partial charge is 0.0642 e. The molecule has 0 N–H and O–H groups in total. The molecule has 0 saturated carbocycles. The molecule has 0 unspecified atom stereocenters. The van der Waals surface area contributed by atoms with E-state index in [1.807, 2.05) is 0 Å². The molecule has 1 aliphatic rings. The van der Waals surface area contributed by atoms with Crippen molar-refractivity contribution >= 4 is 16.5 Å². The Labute approximate surface area is 130 Å². The largest absolute Gasteiger partial charge is 0.378 e. The Balaban J connectivity index is 1.89. The molecule has 22 heavy (non-hydrogen) atoms. The van der Waals surface area contributed by atoms with Crippen molar-refractivity contribution in [2.75, 3.05) is 31.2 Å². The number of anilines is 1. The van der Waals surface area contributed by atoms with Crippen LogP contribution in [0.2, 0.25) is 0 Å². The predicted molar refractivity (Wildman–Crippen MR) is 92.4 cm³/mol. The SMILES string of the molecule is c1ccc(-c2cc(N3CCOCC3)c3ccccc3c2)cc1. The molecule has 4 rings (SSSR count). The predicted octanol–water partition coefficient (Wildman–Crippen LogP) is 4.34. The summed E-state index contributed by atoms with van der Waals surface area (Å²) in [5.41, 5.74) is 3.86. The van der Waals surface area contributed by atoms with Gasteiger partial charge in [0.2, 0.25) is 0 Å². The van der Waals surface area contributed by atoms with E-state index >= 15 is 0 Å². The molecule has 3 aromatic carbocycles. The van der Waals surface area contributed by atoms with Gasteiger partial charge in [0.15, 0.2) is 0 Å². The van der Waals surface area contributed by atoms with Crippen molar-refractivity contribution in [1.29, 1.82) is 0 Å². The summed E-state index contributed by atoms with van der Waals surface area (Å²) < 4.78 is 5.51. The highest BCUT2D eigenvalue weighted by atomic mass is 16.5. The number of benzene rings is 3. The molecule has 1 heterocycles. The third-order valence-corrected chi connectivity index (χ3v) is 4.30. The fraction of sp³-hybridized carbons (Fsp3) is 0.200. The Morgan fingerprint density at radius 2 is 1.45 bits per heavy atom. The molecule has 0 aliphatic carbocycles. The van der Waals surface area contributed by atoms with E-state index < -0.39 is 0 Å². The Kier molecular flexibility index (Phi) is 3.53. The fourth-order valence-electron chi connectivity index (χ4n) is 3.15. The van der Waals surface area contributed by atoms with Crippen LogP contribution in [0.5, 0.6) is 0 Å². The average molecular weight is 289 g/mol. The van der Waals surface area contributed by atoms with Gasteiger partial charge < -0.3 is 9.64 Å². The third kappa shape index (κ3) is 2.46. The van der Waals surface area contributed by atoms with E-state index in [1.54, 1.807) is 0 Å². The third-order valence-electron chi connectivity index (χ3n) is 4.30. The minimum atomic E-state index is 0.809. The van der Waals surface area contributed by atoms with E-state index in [-0.39, 0.29) is 0 Å². The van der Waals surface area contributed by atoms with Crippen LogP contribution in [0, 0.1) is 0 Å². The number of nitrogens with zero attached hydrogens (tertiary/aromatic N) is 1. The van der Waals surface area contributed by atoms with E-state index in [0.29, 0.717) is 0 Å². The first-order valence-electron chi connectivity index (χ1n) is 7.83. The van der Waals surface area contributed by atoms with Gasteiger partial charge in [-0.25, -0.2) is 0 Å². The molecule has 0 spiro atoms. The highest BCUT2D eigenvalue weighted by molar-refractivity contribution is 5.98. The standard InChI is InChI=1S/C20H19NO/c1-2-6-16(7-3-1)18-14-17-8-4-5-9-19(17)20(15-18)21-10-12-22-13-11-21/h1-9,14-15H,10-13H2. The highest BCUT2D eigenvalue weighted by Gasteiger charge is 2.15. The Morgan fingerprint density at radius 3 is 2.27 bits per heavy atom. The van der Waals surface area contributed by atoms with Crippen molar-refractivity contribution in [3.63, 3.8) is 0 Å². The van der Waals surface area contributed by atoms with Crippen LogP contribution >= 0.6 is 0 Å². The summed E-state index contributed by atoms with van der Waals surface area (Å²) in [4.78, 5) is 2.44. The van der Waals surface area contributed by atoms with Crippen molar-refractivity contribution in [2.24, 2.45) is 0 Å². The van der Waals surface area contributed by atoms with E-state index in [9.17, 15) is 0 Å². The average Bonchev–Trinajstić information content (AvgIpc) is 2.62. The lowest BCUT2D eigenvalue weighted by Gasteiger charge is -2.30. The van der Waals surface area contributed by atoms with Gasteiger partial charge in [0, 0.05) is 24.2 Å². The topological polar surface area (TPSA) is 12.5 Å². The molecule has 110 valence electrons. The summed E-state index contributed by atoms with van der Waals surface area (Å²) in [5.74, 6) is 0. The zero-order chi connectivity index (χ0) is 14.8. The van der Waals surface area contributed by atoms with Crippen LogP contribution in [-0.2, 0) is 4.74 Å². The molecule has 0 atom stereocenters. The summed E-state index contributed by atoms with van der Waals surface area (Å²) in [6.45, 7) is 3.54. The van der Waals surface area contributed by atoms with Gasteiger partial charge in [-0.1, -0.05) is 54.6 Å². The van der Waals surface area contributed by atoms with Crippen LogP contribution in [0.1, 0.15) is 0 Å². The van der Waals surface area contributed by atoms with Crippen LogP contribution in [-0.4, -0.2) is 26.3 Å². The quantitative estimate of drug-likeness (QED) is 0.695. The summed E-state index contributed by atoms with van der Waals surface area (Å²) in [5, 5.41) is 2.62. The first kappa shape index (κ1) is 13.4. The Bertz CT molecular complexity index is 776. The van der Waals surface area contributed by atoms with E-state index in [2.05, 4.69) is 71.6 Å². The molecular weight excluding hydrogens is 270 g/mol. The van der Waals surface area contributed by atoms with Crippen LogP contribution in [0.3, 0.4) is 0 Å². The summed E-state index contributed by atoms with van der Waals surface area (Å²) in [7, 11) is 0. The Morgan fingerprint density at radius 1 is 0.727 bits per heavy atom. The molecule has 0 amide bonds. The van der Waals surface area contributed by atoms with Crippen LogP contribution in [0.25, 0.3) is 21.9 Å². The van der Waals surface area contributed by atoms with Gasteiger partial charge >= 0.3 is 0 Å². The molecule has 1 aliphatic heterocycles. The van der Waals surface area contributed by atoms with E-state index in [1.165, 1.54) is 27.6 Å². The van der Waals surface area contributed by atoms with Gasteiger partial charge in [-0.2, -0.15) is 0 Å². The molecule has 0 aromatic heterocycles. The van der Waals surface area contributed by atoms with Crippen LogP contribution in [0.4, 0.5) is 5.69 Å². The lowest BCUT2D eigenvalue weighted by atomic mass is 9.99. The summed E-state index contributed by atoms with van der Waals surface area (Å²) in [6.07, 6.45) is 0. The van der Waals surface area contributed by atoms with Gasteiger partial charge in [-0.15, -0.1) is 0 Å². The van der Waals surface area contributed by atoms with Crippen molar-refractivity contribution in [1.82, 2.24) is 0 Å². The fourth-order valence-corrected chi connectivity index (χ4v) is 3.15. The maximum Gasteiger partial charge on any atom is 0.0642 e. The van der Waals surface area contributed by atoms with Gasteiger partial charge in [-0.3, -0.25) is 0 Å².